The maximum atomic E-state index is 10.5. The van der Waals surface area contributed by atoms with Crippen molar-refractivity contribution in [1.82, 2.24) is 0 Å². The Kier molecular flexibility index (Phi) is 12.1. The summed E-state index contributed by atoms with van der Waals surface area (Å²) in [5.74, 6) is -0.117. The summed E-state index contributed by atoms with van der Waals surface area (Å²) in [6.07, 6.45) is 18.0. The Hall–Kier alpha value is -1.29. The lowest BCUT2D eigenvalue weighted by Gasteiger charge is -2.21. The normalized spacial score (nSPS) is 23.8. The molecule has 150 valence electrons. The van der Waals surface area contributed by atoms with E-state index in [0.29, 0.717) is 12.2 Å². The van der Waals surface area contributed by atoms with Crippen molar-refractivity contribution in [3.63, 3.8) is 0 Å². The first-order valence-corrected chi connectivity index (χ1v) is 10.5. The summed E-state index contributed by atoms with van der Waals surface area (Å²) in [7, 11) is 0. The van der Waals surface area contributed by atoms with Crippen LogP contribution in [0, 0.1) is 11.8 Å². The van der Waals surface area contributed by atoms with E-state index in [-0.39, 0.29) is 24.4 Å². The van der Waals surface area contributed by atoms with Crippen LogP contribution in [0.2, 0.25) is 0 Å². The molecule has 1 fully saturated rings. The Bertz CT molecular complexity index is 441. The van der Waals surface area contributed by atoms with Crippen LogP contribution in [0.4, 0.5) is 0 Å². The van der Waals surface area contributed by atoms with Crippen LogP contribution in [-0.4, -0.2) is 27.4 Å². The maximum absolute atomic E-state index is 10.5. The molecule has 4 nitrogen and oxygen atoms in total. The molecule has 0 bridgehead atoms. The van der Waals surface area contributed by atoms with E-state index >= 15 is 0 Å². The van der Waals surface area contributed by atoms with Gasteiger partial charge in [0.25, 0.3) is 0 Å². The minimum absolute atomic E-state index is 0.0810. The van der Waals surface area contributed by atoms with E-state index in [1.807, 2.05) is 18.2 Å². The second-order valence-electron chi connectivity index (χ2n) is 7.58. The Balaban J connectivity index is 2.31. The molecule has 1 aliphatic carbocycles. The fourth-order valence-corrected chi connectivity index (χ4v) is 3.86. The fourth-order valence-electron chi connectivity index (χ4n) is 3.86. The van der Waals surface area contributed by atoms with Gasteiger partial charge in [-0.05, 0) is 56.9 Å². The predicted octanol–water partition coefficient (Wildman–Crippen LogP) is 5.77. The van der Waals surface area contributed by atoms with Gasteiger partial charge in [-0.15, -0.1) is 0 Å². The molecule has 0 amide bonds. The van der Waals surface area contributed by atoms with Crippen molar-refractivity contribution < 1.29 is 20.1 Å². The Morgan fingerprint density at radius 2 is 1.65 bits per heavy atom. The van der Waals surface area contributed by atoms with Gasteiger partial charge in [-0.1, -0.05) is 51.2 Å². The van der Waals surface area contributed by atoms with Crippen molar-refractivity contribution in [3.8, 4) is 0 Å². The third kappa shape index (κ3) is 9.42. The zero-order valence-corrected chi connectivity index (χ0v) is 16.4. The molecule has 0 aliphatic heterocycles. The number of unbranched alkanes of at least 4 members (excludes halogenated alkanes) is 6. The van der Waals surface area contributed by atoms with Gasteiger partial charge in [0.2, 0.25) is 0 Å². The van der Waals surface area contributed by atoms with Gasteiger partial charge < -0.3 is 15.3 Å². The van der Waals surface area contributed by atoms with Crippen LogP contribution in [0.25, 0.3) is 0 Å². The largest absolute Gasteiger partial charge is 0.512 e. The van der Waals surface area contributed by atoms with Crippen LogP contribution in [-0.2, 0) is 4.79 Å². The predicted molar refractivity (Wildman–Crippen MR) is 106 cm³/mol. The number of allylic oxidation sites excluding steroid dienone is 4. The summed E-state index contributed by atoms with van der Waals surface area (Å²) in [5.41, 5.74) is 0. The Morgan fingerprint density at radius 1 is 0.962 bits per heavy atom. The highest BCUT2D eigenvalue weighted by atomic mass is 16.4. The number of carboxylic acids is 1. The van der Waals surface area contributed by atoms with Gasteiger partial charge in [0.15, 0.2) is 0 Å². The number of carbonyl (C=O) groups is 1. The minimum atomic E-state index is -0.777. The molecular formula is C22H38O4. The highest BCUT2D eigenvalue weighted by Gasteiger charge is 2.36. The number of aliphatic hydroxyl groups is 2. The zero-order valence-electron chi connectivity index (χ0n) is 16.4. The van der Waals surface area contributed by atoms with Crippen LogP contribution in [0.5, 0.6) is 0 Å². The molecule has 0 aromatic rings. The first kappa shape index (κ1) is 22.8. The number of carboxylic acid groups (broad SMARTS) is 1. The standard InChI is InChI=1S/C22H38O4/c1-2-3-4-5-6-7-11-14-20(23)19-16-17-21(24)18(19)13-10-8-9-12-15-22(25)26/h8-9,14,18-19,21,23-24H,2-7,10-13,15-17H2,1H3,(H,25,26). The first-order chi connectivity index (χ1) is 12.6. The van der Waals surface area contributed by atoms with E-state index in [0.717, 1.165) is 38.5 Å². The third-order valence-electron chi connectivity index (χ3n) is 5.43. The molecule has 0 spiro atoms. The number of aliphatic carboxylic acids is 1. The molecule has 1 saturated carbocycles. The summed E-state index contributed by atoms with van der Waals surface area (Å²) in [4.78, 5) is 10.5. The molecule has 0 heterocycles. The smallest absolute Gasteiger partial charge is 0.303 e. The fraction of sp³-hybridized carbons (Fsp3) is 0.773. The molecule has 1 rings (SSSR count). The van der Waals surface area contributed by atoms with Crippen LogP contribution in [0.15, 0.2) is 24.0 Å². The van der Waals surface area contributed by atoms with Crippen molar-refractivity contribution in [2.45, 2.75) is 96.5 Å². The molecule has 0 radical (unpaired) electrons. The quantitative estimate of drug-likeness (QED) is 0.207. The third-order valence-corrected chi connectivity index (χ3v) is 5.43. The monoisotopic (exact) mass is 366 g/mol. The van der Waals surface area contributed by atoms with E-state index in [4.69, 9.17) is 5.11 Å². The summed E-state index contributed by atoms with van der Waals surface area (Å²) in [6.45, 7) is 2.22. The van der Waals surface area contributed by atoms with Crippen molar-refractivity contribution in [2.75, 3.05) is 0 Å². The number of rotatable bonds is 14. The van der Waals surface area contributed by atoms with Gasteiger partial charge in [-0.2, -0.15) is 0 Å². The number of aliphatic hydroxyl groups excluding tert-OH is 2. The topological polar surface area (TPSA) is 77.8 Å². The highest BCUT2D eigenvalue weighted by Crippen LogP contribution is 2.39. The van der Waals surface area contributed by atoms with Gasteiger partial charge in [-0.3, -0.25) is 4.79 Å². The Morgan fingerprint density at radius 3 is 2.38 bits per heavy atom. The molecule has 3 unspecified atom stereocenters. The van der Waals surface area contributed by atoms with Crippen molar-refractivity contribution in [3.05, 3.63) is 24.0 Å². The molecule has 26 heavy (non-hydrogen) atoms. The molecule has 3 atom stereocenters. The van der Waals surface area contributed by atoms with Crippen LogP contribution in [0.3, 0.4) is 0 Å². The van der Waals surface area contributed by atoms with Gasteiger partial charge in [-0.25, -0.2) is 0 Å². The second kappa shape index (κ2) is 13.9. The van der Waals surface area contributed by atoms with Crippen molar-refractivity contribution in [1.29, 1.82) is 0 Å². The van der Waals surface area contributed by atoms with E-state index in [1.165, 1.54) is 32.1 Å². The maximum Gasteiger partial charge on any atom is 0.303 e. The number of hydrogen-bond acceptors (Lipinski definition) is 3. The first-order valence-electron chi connectivity index (χ1n) is 10.5. The average Bonchev–Trinajstić information content (AvgIpc) is 2.97. The van der Waals surface area contributed by atoms with E-state index in [9.17, 15) is 15.0 Å². The Labute approximate surface area is 159 Å². The molecular weight excluding hydrogens is 328 g/mol. The minimum Gasteiger partial charge on any atom is -0.512 e. The van der Waals surface area contributed by atoms with Crippen LogP contribution in [0.1, 0.15) is 90.4 Å². The highest BCUT2D eigenvalue weighted by molar-refractivity contribution is 5.66. The van der Waals surface area contributed by atoms with Crippen molar-refractivity contribution >= 4 is 5.97 Å². The van der Waals surface area contributed by atoms with E-state index in [1.54, 1.807) is 0 Å². The summed E-state index contributed by atoms with van der Waals surface area (Å²) >= 11 is 0. The summed E-state index contributed by atoms with van der Waals surface area (Å²) < 4.78 is 0. The van der Waals surface area contributed by atoms with Gasteiger partial charge in [0, 0.05) is 12.3 Å². The van der Waals surface area contributed by atoms with Gasteiger partial charge in [0.05, 0.1) is 11.9 Å². The van der Waals surface area contributed by atoms with Gasteiger partial charge >= 0.3 is 5.97 Å². The summed E-state index contributed by atoms with van der Waals surface area (Å²) in [6, 6.07) is 0. The molecule has 0 saturated heterocycles. The van der Waals surface area contributed by atoms with E-state index < -0.39 is 5.97 Å². The molecule has 1 aliphatic rings. The van der Waals surface area contributed by atoms with Crippen LogP contribution >= 0.6 is 0 Å². The lowest BCUT2D eigenvalue weighted by atomic mass is 9.88. The summed E-state index contributed by atoms with van der Waals surface area (Å²) in [5, 5.41) is 29.3. The average molecular weight is 367 g/mol. The molecule has 0 aromatic heterocycles. The molecule has 0 aromatic carbocycles. The van der Waals surface area contributed by atoms with E-state index in [2.05, 4.69) is 6.92 Å². The lowest BCUT2D eigenvalue weighted by molar-refractivity contribution is -0.136. The van der Waals surface area contributed by atoms with Crippen molar-refractivity contribution in [2.24, 2.45) is 11.8 Å². The van der Waals surface area contributed by atoms with Crippen LogP contribution < -0.4 is 0 Å². The number of hydrogen-bond donors (Lipinski definition) is 3. The zero-order chi connectivity index (χ0) is 19.2. The molecule has 4 heteroatoms. The molecule has 3 N–H and O–H groups in total. The SMILES string of the molecule is CCCCCCCCC=C(O)C1CCC(O)C1CCC=CCCC(=O)O. The van der Waals surface area contributed by atoms with Gasteiger partial charge in [0.1, 0.15) is 0 Å². The lowest BCUT2D eigenvalue weighted by Crippen LogP contribution is -2.20. The second-order valence-corrected chi connectivity index (χ2v) is 7.58.